The molecule has 1 aliphatic carbocycles. The smallest absolute Gasteiger partial charge is 0.0361 e. The minimum atomic E-state index is -0.0470. The van der Waals surface area contributed by atoms with Crippen molar-refractivity contribution in [2.24, 2.45) is 0 Å². The molecule has 0 bridgehead atoms. The van der Waals surface area contributed by atoms with E-state index in [9.17, 15) is 0 Å². The lowest BCUT2D eigenvalue weighted by Crippen LogP contribution is -2.15. The summed E-state index contributed by atoms with van der Waals surface area (Å²) in [6, 6.07) is 52.5. The van der Waals surface area contributed by atoms with Crippen LogP contribution in [-0.2, 0) is 11.8 Å². The van der Waals surface area contributed by atoms with Gasteiger partial charge in [-0.15, -0.1) is 22.7 Å². The molecule has 0 nitrogen and oxygen atoms in total. The summed E-state index contributed by atoms with van der Waals surface area (Å²) in [5.41, 5.74) is 9.54. The maximum Gasteiger partial charge on any atom is 0.0361 e. The lowest BCUT2D eigenvalue weighted by molar-refractivity contribution is 0.645. The third-order valence-electron chi connectivity index (χ3n) is 11.9. The highest BCUT2D eigenvalue weighted by atomic mass is 32.1. The Hall–Kier alpha value is -5.54. The highest BCUT2D eigenvalue weighted by Crippen LogP contribution is 2.47. The molecular weight excluding hydrogens is 677 g/mol. The molecule has 252 valence electrons. The molecule has 2 heterocycles. The van der Waals surface area contributed by atoms with E-state index >= 15 is 0 Å². The van der Waals surface area contributed by atoms with Gasteiger partial charge in [0.25, 0.3) is 0 Å². The van der Waals surface area contributed by atoms with E-state index in [4.69, 9.17) is 0 Å². The molecule has 53 heavy (non-hydrogen) atoms. The lowest BCUT2D eigenvalue weighted by Gasteiger charge is -2.22. The fraction of sp³-hybridized carbons (Fsp3) is 0.0980. The number of fused-ring (bicyclic) bond motifs is 10. The summed E-state index contributed by atoms with van der Waals surface area (Å²) in [4.78, 5) is 0. The second-order valence-corrected chi connectivity index (χ2v) is 17.5. The summed E-state index contributed by atoms with van der Waals surface area (Å²) in [6.07, 6.45) is 5.80. The van der Waals surface area contributed by atoms with Crippen molar-refractivity contribution < 1.29 is 0 Å². The van der Waals surface area contributed by atoms with Crippen molar-refractivity contribution in [3.05, 3.63) is 174 Å². The number of thiophene rings is 2. The fourth-order valence-electron chi connectivity index (χ4n) is 9.22. The van der Waals surface area contributed by atoms with E-state index in [0.29, 0.717) is 0 Å². The monoisotopic (exact) mass is 712 g/mol. The highest BCUT2D eigenvalue weighted by Gasteiger charge is 2.34. The van der Waals surface area contributed by atoms with Gasteiger partial charge in [-0.05, 0) is 115 Å². The van der Waals surface area contributed by atoms with Gasteiger partial charge in [-0.3, -0.25) is 0 Å². The van der Waals surface area contributed by atoms with E-state index < -0.39 is 0 Å². The third-order valence-corrected chi connectivity index (χ3v) is 14.2. The highest BCUT2D eigenvalue weighted by molar-refractivity contribution is 7.26. The number of benzene rings is 8. The van der Waals surface area contributed by atoms with Crippen molar-refractivity contribution in [2.45, 2.75) is 32.6 Å². The van der Waals surface area contributed by atoms with Crippen LogP contribution in [0.25, 0.3) is 89.4 Å². The van der Waals surface area contributed by atoms with Crippen LogP contribution in [0.1, 0.15) is 37.5 Å². The quantitative estimate of drug-likeness (QED) is 0.160. The van der Waals surface area contributed by atoms with Crippen LogP contribution in [0.5, 0.6) is 0 Å². The van der Waals surface area contributed by atoms with Crippen LogP contribution in [0.3, 0.4) is 0 Å². The van der Waals surface area contributed by atoms with Gasteiger partial charge in [-0.25, -0.2) is 0 Å². The second-order valence-electron chi connectivity index (χ2n) is 15.3. The molecule has 2 heteroatoms. The average Bonchev–Trinajstić information content (AvgIpc) is 3.81. The Morgan fingerprint density at radius 1 is 0.528 bits per heavy atom. The van der Waals surface area contributed by atoms with E-state index in [-0.39, 0.29) is 5.41 Å². The molecule has 0 fully saturated rings. The molecule has 0 radical (unpaired) electrons. The predicted octanol–water partition coefficient (Wildman–Crippen LogP) is 15.4. The Morgan fingerprint density at radius 2 is 1.08 bits per heavy atom. The van der Waals surface area contributed by atoms with Crippen molar-refractivity contribution >= 4 is 101 Å². The second kappa shape index (κ2) is 11.5. The Bertz CT molecular complexity index is 3180. The van der Waals surface area contributed by atoms with Crippen LogP contribution in [-0.4, -0.2) is 0 Å². The molecule has 0 aliphatic heterocycles. The van der Waals surface area contributed by atoms with Crippen molar-refractivity contribution in [3.63, 3.8) is 0 Å². The van der Waals surface area contributed by atoms with E-state index in [0.717, 1.165) is 6.42 Å². The van der Waals surface area contributed by atoms with Crippen molar-refractivity contribution in [3.8, 4) is 11.1 Å². The average molecular weight is 713 g/mol. The number of rotatable bonds is 3. The van der Waals surface area contributed by atoms with Gasteiger partial charge in [0.1, 0.15) is 0 Å². The van der Waals surface area contributed by atoms with Crippen LogP contribution >= 0.6 is 22.7 Å². The van der Waals surface area contributed by atoms with Crippen LogP contribution < -0.4 is 0 Å². The topological polar surface area (TPSA) is 0 Å². The maximum absolute atomic E-state index is 2.47. The minimum absolute atomic E-state index is 0.0470. The van der Waals surface area contributed by atoms with Gasteiger partial charge in [0.05, 0.1) is 0 Å². The van der Waals surface area contributed by atoms with Crippen molar-refractivity contribution in [1.82, 2.24) is 0 Å². The van der Waals surface area contributed by atoms with Gasteiger partial charge in [0, 0.05) is 45.8 Å². The fourth-order valence-corrected chi connectivity index (χ4v) is 11.5. The first kappa shape index (κ1) is 31.0. The largest absolute Gasteiger partial charge is 0.135 e. The Labute approximate surface area is 316 Å². The molecule has 11 rings (SSSR count). The minimum Gasteiger partial charge on any atom is -0.135 e. The molecule has 10 aromatic rings. The normalized spacial score (nSPS) is 15.3. The van der Waals surface area contributed by atoms with Gasteiger partial charge in [0.2, 0.25) is 0 Å². The standard InChI is InChI=1S/C51H36S2/c1-30(20-22-35-25-34-24-32-26-43-37-13-9-11-19-46(37)53-48(43)29-33(32)27-44(34)51(35,2)3)49-39-14-4-6-16-41(39)50(42-17-7-5-15-40(42)49)31-21-23-38-36-12-8-10-18-45(36)52-47(38)28-31/h4-24,26-29H,25H2,1-3H3/b30-20+,35-22+. The summed E-state index contributed by atoms with van der Waals surface area (Å²) < 4.78 is 5.41. The number of hydrogen-bond donors (Lipinski definition) is 0. The zero-order chi connectivity index (χ0) is 35.4. The molecule has 1 aliphatic rings. The molecule has 0 saturated carbocycles. The van der Waals surface area contributed by atoms with Crippen molar-refractivity contribution in [1.29, 1.82) is 0 Å². The van der Waals surface area contributed by atoms with Gasteiger partial charge in [-0.1, -0.05) is 135 Å². The van der Waals surface area contributed by atoms with Crippen LogP contribution in [0, 0.1) is 0 Å². The van der Waals surface area contributed by atoms with E-state index in [1.807, 2.05) is 22.7 Å². The maximum atomic E-state index is 2.47. The van der Waals surface area contributed by atoms with E-state index in [1.54, 1.807) is 0 Å². The molecule has 8 aromatic carbocycles. The molecular formula is C51H36S2. The molecule has 0 amide bonds. The first-order valence-electron chi connectivity index (χ1n) is 18.5. The van der Waals surface area contributed by atoms with E-state index in [2.05, 4.69) is 172 Å². The third kappa shape index (κ3) is 4.65. The SMILES string of the molecule is C/C(=C\C=C1/Cc2cc3cc4c(cc3cc2C1(C)C)sc1ccccc14)c1c2ccccc2c(-c2ccc3c(c2)sc2ccccc23)c2ccccc12. The van der Waals surface area contributed by atoms with Crippen LogP contribution in [0.2, 0.25) is 0 Å². The summed E-state index contributed by atoms with van der Waals surface area (Å²) in [7, 11) is 0. The summed E-state index contributed by atoms with van der Waals surface area (Å²) in [5.74, 6) is 0. The van der Waals surface area contributed by atoms with Crippen LogP contribution in [0.4, 0.5) is 0 Å². The Kier molecular flexibility index (Phi) is 6.72. The van der Waals surface area contributed by atoms with Gasteiger partial charge in [-0.2, -0.15) is 0 Å². The first-order valence-corrected chi connectivity index (χ1v) is 20.2. The van der Waals surface area contributed by atoms with Gasteiger partial charge < -0.3 is 0 Å². The number of allylic oxidation sites excluding steroid dienone is 4. The van der Waals surface area contributed by atoms with E-state index in [1.165, 1.54) is 112 Å². The zero-order valence-electron chi connectivity index (χ0n) is 30.0. The zero-order valence-corrected chi connectivity index (χ0v) is 31.6. The number of hydrogen-bond acceptors (Lipinski definition) is 2. The van der Waals surface area contributed by atoms with Gasteiger partial charge >= 0.3 is 0 Å². The van der Waals surface area contributed by atoms with Crippen LogP contribution in [0.15, 0.2) is 157 Å². The first-order chi connectivity index (χ1) is 25.9. The summed E-state index contributed by atoms with van der Waals surface area (Å²) in [6.45, 7) is 7.11. The summed E-state index contributed by atoms with van der Waals surface area (Å²) in [5, 5.41) is 13.3. The Balaban J connectivity index is 1.03. The molecule has 0 atom stereocenters. The molecule has 0 spiro atoms. The lowest BCUT2D eigenvalue weighted by atomic mass is 9.81. The van der Waals surface area contributed by atoms with Gasteiger partial charge in [0.15, 0.2) is 0 Å². The Morgan fingerprint density at radius 3 is 1.75 bits per heavy atom. The molecule has 2 aromatic heterocycles. The van der Waals surface area contributed by atoms with Crippen molar-refractivity contribution in [2.75, 3.05) is 0 Å². The molecule has 0 unspecified atom stereocenters. The summed E-state index contributed by atoms with van der Waals surface area (Å²) >= 11 is 3.79. The molecule has 0 N–H and O–H groups in total. The molecule has 0 saturated heterocycles. The predicted molar refractivity (Wildman–Crippen MR) is 235 cm³/mol.